The van der Waals surface area contributed by atoms with E-state index in [1.54, 1.807) is 0 Å². The number of rotatable bonds is 3. The number of nitrogens with two attached hydrogens (primary N) is 1. The molecule has 0 aromatic rings. The Balaban J connectivity index is 2.37. The van der Waals surface area contributed by atoms with Gasteiger partial charge >= 0.3 is 0 Å². The van der Waals surface area contributed by atoms with Crippen molar-refractivity contribution in [2.45, 2.75) is 38.2 Å². The van der Waals surface area contributed by atoms with Crippen LogP contribution in [0.25, 0.3) is 0 Å². The third kappa shape index (κ3) is 3.19. The lowest BCUT2D eigenvalue weighted by Gasteiger charge is -2.30. The van der Waals surface area contributed by atoms with Crippen LogP contribution in [0.1, 0.15) is 26.2 Å². The fourth-order valence-electron chi connectivity index (χ4n) is 1.66. The minimum absolute atomic E-state index is 0.303. The molecule has 0 spiro atoms. The minimum atomic E-state index is -2.43. The molecule has 0 bridgehead atoms. The average molecular weight is 193 g/mol. The van der Waals surface area contributed by atoms with Gasteiger partial charge in [-0.2, -0.15) is 0 Å². The molecule has 2 nitrogen and oxygen atoms in total. The summed E-state index contributed by atoms with van der Waals surface area (Å²) in [6.07, 6.45) is -0.317. The number of hydrogen-bond acceptors (Lipinski definition) is 2. The van der Waals surface area contributed by atoms with Gasteiger partial charge in [-0.3, -0.25) is 0 Å². The first-order chi connectivity index (χ1) is 6.02. The van der Waals surface area contributed by atoms with Gasteiger partial charge in [0, 0.05) is 13.2 Å². The molecule has 78 valence electrons. The van der Waals surface area contributed by atoms with Gasteiger partial charge in [-0.05, 0) is 32.1 Å². The molecule has 0 saturated carbocycles. The first-order valence-electron chi connectivity index (χ1n) is 4.67. The fourth-order valence-corrected chi connectivity index (χ4v) is 1.66. The lowest BCUT2D eigenvalue weighted by molar-refractivity contribution is 0.0190. The van der Waals surface area contributed by atoms with Gasteiger partial charge in [0.15, 0.2) is 0 Å². The second kappa shape index (κ2) is 4.33. The van der Waals surface area contributed by atoms with Crippen LogP contribution in [-0.4, -0.2) is 25.2 Å². The maximum atomic E-state index is 12.4. The summed E-state index contributed by atoms with van der Waals surface area (Å²) in [5.74, 6) is 0.303. The number of ether oxygens (including phenoxy) is 1. The Bertz CT molecular complexity index is 156. The summed E-state index contributed by atoms with van der Waals surface area (Å²) in [7, 11) is 0. The smallest absolute Gasteiger partial charge is 0.256 e. The van der Waals surface area contributed by atoms with E-state index in [4.69, 9.17) is 10.5 Å². The highest BCUT2D eigenvalue weighted by Crippen LogP contribution is 2.27. The molecule has 0 amide bonds. The van der Waals surface area contributed by atoms with Crippen molar-refractivity contribution in [3.05, 3.63) is 0 Å². The van der Waals surface area contributed by atoms with E-state index in [1.807, 2.05) is 0 Å². The van der Waals surface area contributed by atoms with Crippen molar-refractivity contribution in [2.24, 2.45) is 11.7 Å². The highest BCUT2D eigenvalue weighted by molar-refractivity contribution is 4.85. The van der Waals surface area contributed by atoms with E-state index in [9.17, 15) is 8.78 Å². The number of alkyl halides is 2. The van der Waals surface area contributed by atoms with Crippen LogP contribution in [-0.2, 0) is 4.74 Å². The minimum Gasteiger partial charge on any atom is -0.381 e. The first-order valence-corrected chi connectivity index (χ1v) is 4.67. The summed E-state index contributed by atoms with van der Waals surface area (Å²) in [4.78, 5) is 0. The second-order valence-electron chi connectivity index (χ2n) is 4.07. The van der Waals surface area contributed by atoms with Crippen LogP contribution in [0.5, 0.6) is 0 Å². The monoisotopic (exact) mass is 193 g/mol. The Kier molecular flexibility index (Phi) is 3.62. The van der Waals surface area contributed by atoms with Crippen molar-refractivity contribution in [1.29, 1.82) is 0 Å². The molecule has 0 aliphatic carbocycles. The van der Waals surface area contributed by atoms with E-state index < -0.39 is 12.0 Å². The summed E-state index contributed by atoms with van der Waals surface area (Å²) in [5, 5.41) is 0. The summed E-state index contributed by atoms with van der Waals surface area (Å²) in [5.41, 5.74) is 4.17. The van der Waals surface area contributed by atoms with E-state index in [0.29, 0.717) is 25.6 Å². The highest BCUT2D eigenvalue weighted by atomic mass is 19.3. The van der Waals surface area contributed by atoms with Crippen LogP contribution in [0.15, 0.2) is 0 Å². The van der Waals surface area contributed by atoms with Crippen LogP contribution in [0.4, 0.5) is 8.78 Å². The predicted octanol–water partition coefficient (Wildman–Crippen LogP) is 1.79. The molecule has 0 aromatic carbocycles. The molecule has 1 unspecified atom stereocenters. The zero-order valence-electron chi connectivity index (χ0n) is 7.93. The van der Waals surface area contributed by atoms with Gasteiger partial charge < -0.3 is 10.5 Å². The molecule has 4 heteroatoms. The Labute approximate surface area is 77.4 Å². The van der Waals surface area contributed by atoms with E-state index in [1.165, 1.54) is 6.92 Å². The Hall–Kier alpha value is -0.220. The van der Waals surface area contributed by atoms with Crippen LogP contribution in [0, 0.1) is 5.92 Å². The lowest BCUT2D eigenvalue weighted by atomic mass is 9.85. The summed E-state index contributed by atoms with van der Waals surface area (Å²) in [6.45, 7) is 2.79. The van der Waals surface area contributed by atoms with E-state index in [-0.39, 0.29) is 0 Å². The second-order valence-corrected chi connectivity index (χ2v) is 4.07. The zero-order chi connectivity index (χ0) is 9.90. The molecule has 1 atom stereocenters. The van der Waals surface area contributed by atoms with Crippen molar-refractivity contribution in [3.63, 3.8) is 0 Å². The molecule has 1 heterocycles. The van der Waals surface area contributed by atoms with Gasteiger partial charge in [0.2, 0.25) is 0 Å². The third-order valence-electron chi connectivity index (χ3n) is 2.57. The van der Waals surface area contributed by atoms with E-state index >= 15 is 0 Å². The van der Waals surface area contributed by atoms with E-state index in [0.717, 1.165) is 12.8 Å². The van der Waals surface area contributed by atoms with Crippen LogP contribution >= 0.6 is 0 Å². The van der Waals surface area contributed by atoms with Crippen molar-refractivity contribution in [1.82, 2.24) is 0 Å². The fraction of sp³-hybridized carbons (Fsp3) is 1.00. The summed E-state index contributed by atoms with van der Waals surface area (Å²) >= 11 is 0. The SMILES string of the molecule is CC(N)(CC1CCOCC1)C(F)F. The average Bonchev–Trinajstić information content (AvgIpc) is 2.05. The molecule has 0 radical (unpaired) electrons. The molecule has 13 heavy (non-hydrogen) atoms. The Morgan fingerprint density at radius 1 is 1.46 bits per heavy atom. The van der Waals surface area contributed by atoms with Gasteiger partial charge in [-0.15, -0.1) is 0 Å². The van der Waals surface area contributed by atoms with Gasteiger partial charge in [-0.1, -0.05) is 0 Å². The molecular weight excluding hydrogens is 176 g/mol. The molecule has 1 saturated heterocycles. The van der Waals surface area contributed by atoms with Gasteiger partial charge in [-0.25, -0.2) is 8.78 Å². The number of halogens is 2. The lowest BCUT2D eigenvalue weighted by Crippen LogP contribution is -2.46. The maximum absolute atomic E-state index is 12.4. The predicted molar refractivity (Wildman–Crippen MR) is 46.8 cm³/mol. The quantitative estimate of drug-likeness (QED) is 0.741. The maximum Gasteiger partial charge on any atom is 0.256 e. The largest absolute Gasteiger partial charge is 0.381 e. The van der Waals surface area contributed by atoms with Crippen molar-refractivity contribution < 1.29 is 13.5 Å². The zero-order valence-corrected chi connectivity index (χ0v) is 7.93. The van der Waals surface area contributed by atoms with E-state index in [2.05, 4.69) is 0 Å². The Morgan fingerprint density at radius 3 is 2.46 bits per heavy atom. The number of hydrogen-bond donors (Lipinski definition) is 1. The van der Waals surface area contributed by atoms with Crippen LogP contribution < -0.4 is 5.73 Å². The first kappa shape index (κ1) is 10.9. The van der Waals surface area contributed by atoms with Crippen molar-refractivity contribution in [3.8, 4) is 0 Å². The molecule has 1 aliphatic heterocycles. The summed E-state index contributed by atoms with van der Waals surface area (Å²) < 4.78 is 30.0. The standard InChI is InChI=1S/C9H17F2NO/c1-9(12,8(10)11)6-7-2-4-13-5-3-7/h7-8H,2-6,12H2,1H3. The Morgan fingerprint density at radius 2 is 2.00 bits per heavy atom. The summed E-state index contributed by atoms with van der Waals surface area (Å²) in [6, 6.07) is 0. The molecule has 1 rings (SSSR count). The molecule has 2 N–H and O–H groups in total. The normalized spacial score (nSPS) is 24.7. The van der Waals surface area contributed by atoms with Crippen molar-refractivity contribution in [2.75, 3.05) is 13.2 Å². The molecule has 1 aliphatic rings. The molecule has 1 fully saturated rings. The highest BCUT2D eigenvalue weighted by Gasteiger charge is 2.33. The topological polar surface area (TPSA) is 35.2 Å². The third-order valence-corrected chi connectivity index (χ3v) is 2.57. The molecular formula is C9H17F2NO. The van der Waals surface area contributed by atoms with Crippen molar-refractivity contribution >= 4 is 0 Å². The van der Waals surface area contributed by atoms with Crippen LogP contribution in [0.2, 0.25) is 0 Å². The van der Waals surface area contributed by atoms with Crippen LogP contribution in [0.3, 0.4) is 0 Å². The van der Waals surface area contributed by atoms with Gasteiger partial charge in [0.1, 0.15) is 0 Å². The van der Waals surface area contributed by atoms with Gasteiger partial charge in [0.05, 0.1) is 5.54 Å². The van der Waals surface area contributed by atoms with Gasteiger partial charge in [0.25, 0.3) is 6.43 Å². The molecule has 0 aromatic heterocycles.